The van der Waals surface area contributed by atoms with Crippen molar-refractivity contribution in [1.29, 1.82) is 0 Å². The lowest BCUT2D eigenvalue weighted by molar-refractivity contribution is -0.858. The van der Waals surface area contributed by atoms with Crippen LogP contribution in [0.1, 0.15) is 30.5 Å². The first kappa shape index (κ1) is 13.3. The molecule has 2 aromatic heterocycles. The number of nitrogens with one attached hydrogen (secondary N) is 2. The molecule has 0 saturated heterocycles. The maximum Gasteiger partial charge on any atom is 0.254 e. The van der Waals surface area contributed by atoms with Crippen LogP contribution in [0.15, 0.2) is 6.33 Å². The van der Waals surface area contributed by atoms with Crippen molar-refractivity contribution in [3.8, 4) is 0 Å². The van der Waals surface area contributed by atoms with E-state index in [-0.39, 0.29) is 0 Å². The molecule has 3 rings (SSSR count). The molecule has 20 heavy (non-hydrogen) atoms. The van der Waals surface area contributed by atoms with Gasteiger partial charge in [0.15, 0.2) is 0 Å². The monoisotopic (exact) mass is 275 g/mol. The fourth-order valence-electron chi connectivity index (χ4n) is 2.82. The van der Waals surface area contributed by atoms with Crippen molar-refractivity contribution >= 4 is 11.6 Å². The molecule has 6 nitrogen and oxygen atoms in total. The van der Waals surface area contributed by atoms with Crippen LogP contribution >= 0.6 is 0 Å². The van der Waals surface area contributed by atoms with E-state index in [1.54, 1.807) is 6.33 Å². The molecule has 0 unspecified atom stereocenters. The largest absolute Gasteiger partial charge is 0.369 e. The van der Waals surface area contributed by atoms with E-state index in [9.17, 15) is 0 Å². The lowest BCUT2D eigenvalue weighted by Gasteiger charge is -2.20. The van der Waals surface area contributed by atoms with Gasteiger partial charge in [-0.2, -0.15) is 14.6 Å². The molecule has 6 heteroatoms. The van der Waals surface area contributed by atoms with E-state index in [2.05, 4.69) is 34.5 Å². The van der Waals surface area contributed by atoms with Crippen molar-refractivity contribution in [1.82, 2.24) is 19.6 Å². The Kier molecular flexibility index (Phi) is 3.82. The summed E-state index contributed by atoms with van der Waals surface area (Å²) < 4.78 is 1.85. The van der Waals surface area contributed by atoms with Gasteiger partial charge in [-0.15, -0.1) is 0 Å². The van der Waals surface area contributed by atoms with Gasteiger partial charge in [0.2, 0.25) is 0 Å². The van der Waals surface area contributed by atoms with Crippen molar-refractivity contribution in [3.63, 3.8) is 0 Å². The molecule has 0 aliphatic heterocycles. The molecule has 1 aliphatic carbocycles. The summed E-state index contributed by atoms with van der Waals surface area (Å²) in [5.74, 6) is 1.82. The third-order valence-corrected chi connectivity index (χ3v) is 3.85. The van der Waals surface area contributed by atoms with E-state index in [1.165, 1.54) is 35.5 Å². The van der Waals surface area contributed by atoms with Gasteiger partial charge in [-0.25, -0.2) is 4.98 Å². The van der Waals surface area contributed by atoms with Crippen LogP contribution < -0.4 is 10.2 Å². The molecule has 0 spiro atoms. The Bertz CT molecular complexity index is 589. The molecule has 0 radical (unpaired) electrons. The van der Waals surface area contributed by atoms with Crippen molar-refractivity contribution in [3.05, 3.63) is 17.6 Å². The summed E-state index contributed by atoms with van der Waals surface area (Å²) in [5.41, 5.74) is 2.55. The van der Waals surface area contributed by atoms with Crippen molar-refractivity contribution in [2.24, 2.45) is 0 Å². The minimum Gasteiger partial charge on any atom is -0.369 e. The molecule has 1 aliphatic rings. The molecule has 0 amide bonds. The van der Waals surface area contributed by atoms with Gasteiger partial charge >= 0.3 is 0 Å². The number of aryl methyl sites for hydroxylation is 1. The van der Waals surface area contributed by atoms with E-state index in [0.717, 1.165) is 31.6 Å². The summed E-state index contributed by atoms with van der Waals surface area (Å²) >= 11 is 0. The zero-order chi connectivity index (χ0) is 13.9. The maximum absolute atomic E-state index is 4.64. The quantitative estimate of drug-likeness (QED) is 0.751. The molecule has 0 fully saturated rings. The smallest absolute Gasteiger partial charge is 0.254 e. The standard InChI is InChI=1S/C14H22N6/c1-19(2)9-5-8-15-13-11-6-3-4-7-12(11)18-14-16-10-17-20(13)14/h10,15H,3-9H2,1-2H3/p+1. The molecule has 0 saturated carbocycles. The number of quaternary nitrogens is 1. The van der Waals surface area contributed by atoms with Crippen LogP contribution in [-0.4, -0.2) is 46.8 Å². The van der Waals surface area contributed by atoms with Crippen molar-refractivity contribution in [2.75, 3.05) is 32.5 Å². The molecular formula is C14H23N6+. The third-order valence-electron chi connectivity index (χ3n) is 3.85. The topological polar surface area (TPSA) is 59.5 Å². The molecule has 2 aromatic rings. The van der Waals surface area contributed by atoms with Gasteiger partial charge in [-0.05, 0) is 25.7 Å². The highest BCUT2D eigenvalue weighted by Crippen LogP contribution is 2.26. The normalized spacial score (nSPS) is 14.8. The van der Waals surface area contributed by atoms with Gasteiger partial charge in [0.05, 0.1) is 26.3 Å². The van der Waals surface area contributed by atoms with Gasteiger partial charge in [0.25, 0.3) is 5.78 Å². The van der Waals surface area contributed by atoms with Crippen LogP contribution in [-0.2, 0) is 12.8 Å². The van der Waals surface area contributed by atoms with Crippen LogP contribution in [0, 0.1) is 0 Å². The van der Waals surface area contributed by atoms with Crippen LogP contribution in [0.25, 0.3) is 5.78 Å². The van der Waals surface area contributed by atoms with E-state index in [0.29, 0.717) is 5.78 Å². The summed E-state index contributed by atoms with van der Waals surface area (Å²) in [7, 11) is 4.37. The number of fused-ring (bicyclic) bond motifs is 2. The molecule has 0 bridgehead atoms. The number of anilines is 1. The minimum absolute atomic E-state index is 0.714. The third kappa shape index (κ3) is 2.60. The Morgan fingerprint density at radius 1 is 1.30 bits per heavy atom. The Hall–Kier alpha value is -1.69. The molecule has 0 aromatic carbocycles. The van der Waals surface area contributed by atoms with Gasteiger partial charge in [0.1, 0.15) is 12.1 Å². The van der Waals surface area contributed by atoms with Crippen molar-refractivity contribution < 1.29 is 4.90 Å². The first-order valence-corrected chi connectivity index (χ1v) is 7.50. The first-order chi connectivity index (χ1) is 9.75. The van der Waals surface area contributed by atoms with E-state index >= 15 is 0 Å². The van der Waals surface area contributed by atoms with Gasteiger partial charge in [0, 0.05) is 18.5 Å². The Morgan fingerprint density at radius 2 is 2.15 bits per heavy atom. The summed E-state index contributed by atoms with van der Waals surface area (Å²) in [6.07, 6.45) is 7.37. The van der Waals surface area contributed by atoms with Gasteiger partial charge < -0.3 is 10.2 Å². The van der Waals surface area contributed by atoms with E-state index < -0.39 is 0 Å². The predicted octanol–water partition coefficient (Wildman–Crippen LogP) is -0.0504. The Morgan fingerprint density at radius 3 is 3.00 bits per heavy atom. The van der Waals surface area contributed by atoms with E-state index in [4.69, 9.17) is 0 Å². The second-order valence-electron chi connectivity index (χ2n) is 5.80. The second-order valence-corrected chi connectivity index (χ2v) is 5.80. The summed E-state index contributed by atoms with van der Waals surface area (Å²) in [6, 6.07) is 0. The number of hydrogen-bond acceptors (Lipinski definition) is 4. The van der Waals surface area contributed by atoms with E-state index in [1.807, 2.05) is 4.52 Å². The molecule has 0 atom stereocenters. The fraction of sp³-hybridized carbons (Fsp3) is 0.643. The highest BCUT2D eigenvalue weighted by molar-refractivity contribution is 5.53. The minimum atomic E-state index is 0.714. The number of nitrogens with zero attached hydrogens (tertiary/aromatic N) is 4. The number of aromatic nitrogens is 4. The number of hydrogen-bond donors (Lipinski definition) is 2. The average Bonchev–Trinajstić information content (AvgIpc) is 2.90. The summed E-state index contributed by atoms with van der Waals surface area (Å²) in [6.45, 7) is 2.14. The highest BCUT2D eigenvalue weighted by Gasteiger charge is 2.19. The molecule has 108 valence electrons. The Balaban J connectivity index is 1.85. The zero-order valence-electron chi connectivity index (χ0n) is 12.3. The van der Waals surface area contributed by atoms with Crippen LogP contribution in [0.5, 0.6) is 0 Å². The maximum atomic E-state index is 4.64. The SMILES string of the molecule is C[NH+](C)CCCNc1c2c(nc3ncnn13)CCCC2. The van der Waals surface area contributed by atoms with Crippen LogP contribution in [0.3, 0.4) is 0 Å². The molecule has 2 heterocycles. The average molecular weight is 275 g/mol. The highest BCUT2D eigenvalue weighted by atomic mass is 15.4. The fourth-order valence-corrected chi connectivity index (χ4v) is 2.82. The lowest BCUT2D eigenvalue weighted by Crippen LogP contribution is -3.05. The lowest BCUT2D eigenvalue weighted by atomic mass is 9.96. The predicted molar refractivity (Wildman–Crippen MR) is 78.2 cm³/mol. The van der Waals surface area contributed by atoms with Crippen LogP contribution in [0.4, 0.5) is 5.82 Å². The summed E-state index contributed by atoms with van der Waals surface area (Å²) in [4.78, 5) is 10.4. The van der Waals surface area contributed by atoms with Gasteiger partial charge in [-0.1, -0.05) is 0 Å². The zero-order valence-corrected chi connectivity index (χ0v) is 12.3. The molecular weight excluding hydrogens is 252 g/mol. The van der Waals surface area contributed by atoms with Crippen molar-refractivity contribution in [2.45, 2.75) is 32.1 Å². The first-order valence-electron chi connectivity index (χ1n) is 7.50. The second kappa shape index (κ2) is 5.75. The number of rotatable bonds is 5. The van der Waals surface area contributed by atoms with Gasteiger partial charge in [-0.3, -0.25) is 0 Å². The Labute approximate surface area is 119 Å². The summed E-state index contributed by atoms with van der Waals surface area (Å²) in [5, 5.41) is 7.88. The molecule has 2 N–H and O–H groups in total. The van der Waals surface area contributed by atoms with Crippen LogP contribution in [0.2, 0.25) is 0 Å².